The molecule has 0 radical (unpaired) electrons. The number of carbonyl (C=O) groups excluding carboxylic acids is 4. The number of hydrogen-bond donors (Lipinski definition) is 0. The third-order valence-electron chi connectivity index (χ3n) is 3.62. The van der Waals surface area contributed by atoms with Crippen molar-refractivity contribution in [3.63, 3.8) is 0 Å². The molecule has 2 unspecified atom stereocenters. The molecule has 0 rings (SSSR count). The molecule has 0 aliphatic carbocycles. The molecule has 0 aliphatic rings. The summed E-state index contributed by atoms with van der Waals surface area (Å²) in [4.78, 5) is 64.5. The Hall–Kier alpha value is -1.09. The fourth-order valence-electron chi connectivity index (χ4n) is 1.94. The summed E-state index contributed by atoms with van der Waals surface area (Å²) in [5, 5.41) is 0. The summed E-state index contributed by atoms with van der Waals surface area (Å²) in [7, 11) is 0. The largest absolute Gasteiger partial charge is 0.352 e. The fourth-order valence-corrected chi connectivity index (χ4v) is 1.94. The van der Waals surface area contributed by atoms with Gasteiger partial charge in [-0.3, -0.25) is 19.4 Å². The van der Waals surface area contributed by atoms with Crippen LogP contribution in [0.15, 0.2) is 0 Å². The van der Waals surface area contributed by atoms with E-state index in [9.17, 15) is 19.2 Å². The molecule has 0 aromatic carbocycles. The van der Waals surface area contributed by atoms with Gasteiger partial charge in [0.2, 0.25) is 0 Å². The van der Waals surface area contributed by atoms with Crippen LogP contribution in [0.4, 0.5) is 0 Å². The number of hydrogen-bond acceptors (Lipinski definition) is 8. The van der Waals surface area contributed by atoms with Gasteiger partial charge < -0.3 is 0 Å². The quantitative estimate of drug-likeness (QED) is 0.220. The zero-order valence-corrected chi connectivity index (χ0v) is 22.6. The molecule has 0 spiro atoms. The van der Waals surface area contributed by atoms with E-state index in [2.05, 4.69) is 19.6 Å². The minimum atomic E-state index is -0.788. The van der Waals surface area contributed by atoms with Crippen molar-refractivity contribution < 1.29 is 60.4 Å². The summed E-state index contributed by atoms with van der Waals surface area (Å²) in [6, 6.07) is 0. The Morgan fingerprint density at radius 2 is 0.774 bits per heavy atom. The Balaban J connectivity index is -0.000000490. The molecular weight excluding hydrogens is 440 g/mol. The van der Waals surface area contributed by atoms with Gasteiger partial charge in [-0.25, -0.2) is 9.59 Å². The molecule has 0 aliphatic heterocycles. The van der Waals surface area contributed by atoms with Gasteiger partial charge in [0.05, 0.1) is 12.2 Å². The molecule has 0 heterocycles. The van der Waals surface area contributed by atoms with E-state index in [0.717, 1.165) is 0 Å². The standard InChI is InChI=1S/2C11H20O4.Ti/c2*1-7(2)14-15-10(13)8(3)9(12)11(4,5)6;/h2*7-8H,1-6H3;. The maximum Gasteiger partial charge on any atom is 0.352 e. The van der Waals surface area contributed by atoms with Crippen LogP contribution >= 0.6 is 0 Å². The van der Waals surface area contributed by atoms with Crippen molar-refractivity contribution in [1.82, 2.24) is 0 Å². The summed E-state index contributed by atoms with van der Waals surface area (Å²) < 4.78 is 0. The van der Waals surface area contributed by atoms with Gasteiger partial charge in [-0.1, -0.05) is 41.5 Å². The van der Waals surface area contributed by atoms with Crippen LogP contribution in [0.1, 0.15) is 83.1 Å². The number of Topliss-reactive ketones (excluding diaryl/α,β-unsaturated/α-hetero) is 2. The predicted octanol–water partition coefficient (Wildman–Crippen LogP) is 4.24. The molecule has 0 fully saturated rings. The van der Waals surface area contributed by atoms with Crippen molar-refractivity contribution in [3.8, 4) is 0 Å². The first-order chi connectivity index (χ1) is 13.3. The molecule has 0 aromatic rings. The van der Waals surface area contributed by atoms with Crippen molar-refractivity contribution in [1.29, 1.82) is 0 Å². The molecule has 0 amide bonds. The van der Waals surface area contributed by atoms with Crippen molar-refractivity contribution >= 4 is 23.5 Å². The van der Waals surface area contributed by atoms with Gasteiger partial charge in [-0.15, -0.1) is 0 Å². The second-order valence-corrected chi connectivity index (χ2v) is 9.77. The van der Waals surface area contributed by atoms with E-state index in [1.54, 1.807) is 69.2 Å². The minimum Gasteiger partial charge on any atom is -0.298 e. The monoisotopic (exact) mass is 480 g/mol. The number of ketones is 2. The van der Waals surface area contributed by atoms with Gasteiger partial charge >= 0.3 is 11.9 Å². The van der Waals surface area contributed by atoms with E-state index >= 15 is 0 Å². The molecule has 0 saturated carbocycles. The van der Waals surface area contributed by atoms with Crippen LogP contribution in [0.2, 0.25) is 0 Å². The van der Waals surface area contributed by atoms with Gasteiger partial charge in [0.25, 0.3) is 0 Å². The first-order valence-electron chi connectivity index (χ1n) is 10.1. The molecule has 0 N–H and O–H groups in total. The SMILES string of the molecule is CC(C)OOC(=O)C(C)C(=O)C(C)(C)C.CC(C)OOC(=O)C(C)C(=O)C(C)(C)C.[Ti]. The summed E-state index contributed by atoms with van der Waals surface area (Å²) in [5.41, 5.74) is -1.09. The maximum absolute atomic E-state index is 11.7. The first kappa shape index (κ1) is 34.5. The zero-order chi connectivity index (χ0) is 24.4. The van der Waals surface area contributed by atoms with E-state index < -0.39 is 34.6 Å². The molecule has 9 heteroatoms. The van der Waals surface area contributed by atoms with Crippen molar-refractivity contribution in [2.75, 3.05) is 0 Å². The third kappa shape index (κ3) is 15.4. The van der Waals surface area contributed by atoms with Crippen LogP contribution in [0.3, 0.4) is 0 Å². The Morgan fingerprint density at radius 1 is 0.548 bits per heavy atom. The summed E-state index contributed by atoms with van der Waals surface area (Å²) in [5.74, 6) is -3.15. The third-order valence-corrected chi connectivity index (χ3v) is 3.62. The van der Waals surface area contributed by atoms with Gasteiger partial charge in [-0.05, 0) is 41.5 Å². The number of rotatable bonds is 8. The van der Waals surface area contributed by atoms with Crippen molar-refractivity contribution in [2.45, 2.75) is 95.3 Å². The average molecular weight is 480 g/mol. The second-order valence-electron chi connectivity index (χ2n) is 9.77. The molecule has 2 atom stereocenters. The van der Waals surface area contributed by atoms with E-state index in [1.807, 2.05) is 0 Å². The van der Waals surface area contributed by atoms with Crippen LogP contribution in [0, 0.1) is 22.7 Å². The molecule has 8 nitrogen and oxygen atoms in total. The van der Waals surface area contributed by atoms with E-state index in [1.165, 1.54) is 13.8 Å². The zero-order valence-electron chi connectivity index (χ0n) is 21.1. The van der Waals surface area contributed by atoms with E-state index in [-0.39, 0.29) is 45.5 Å². The molecule has 31 heavy (non-hydrogen) atoms. The fraction of sp³-hybridized carbons (Fsp3) is 0.818. The van der Waals surface area contributed by atoms with Crippen LogP contribution in [0.25, 0.3) is 0 Å². The maximum atomic E-state index is 11.7. The van der Waals surface area contributed by atoms with E-state index in [0.29, 0.717) is 0 Å². The van der Waals surface area contributed by atoms with Gasteiger partial charge in [0, 0.05) is 32.5 Å². The molecule has 180 valence electrons. The predicted molar refractivity (Wildman–Crippen MR) is 112 cm³/mol. The summed E-state index contributed by atoms with van der Waals surface area (Å²) in [6.07, 6.45) is -0.406. The Morgan fingerprint density at radius 3 is 0.935 bits per heavy atom. The second kappa shape index (κ2) is 14.9. The minimum absolute atomic E-state index is 0. The molecule has 0 aromatic heterocycles. The average Bonchev–Trinajstić information content (AvgIpc) is 2.60. The van der Waals surface area contributed by atoms with Gasteiger partial charge in [0.1, 0.15) is 11.8 Å². The van der Waals surface area contributed by atoms with Crippen molar-refractivity contribution in [3.05, 3.63) is 0 Å². The van der Waals surface area contributed by atoms with Gasteiger partial charge in [-0.2, -0.15) is 9.78 Å². The van der Waals surface area contributed by atoms with E-state index in [4.69, 9.17) is 0 Å². The first-order valence-corrected chi connectivity index (χ1v) is 10.1. The molecule has 0 saturated heterocycles. The smallest absolute Gasteiger partial charge is 0.298 e. The Bertz CT molecular complexity index is 533. The topological polar surface area (TPSA) is 105 Å². The van der Waals surface area contributed by atoms with Gasteiger partial charge in [0.15, 0.2) is 11.6 Å². The summed E-state index contributed by atoms with van der Waals surface area (Å²) >= 11 is 0. The normalized spacial score (nSPS) is 13.4. The Kier molecular flexibility index (Phi) is 16.6. The summed E-state index contributed by atoms with van der Waals surface area (Å²) in [6.45, 7) is 20.6. The van der Waals surface area contributed by atoms with Crippen LogP contribution in [-0.2, 0) is 60.4 Å². The number of carbonyl (C=O) groups is 4. The van der Waals surface area contributed by atoms with Crippen LogP contribution in [0.5, 0.6) is 0 Å². The van der Waals surface area contributed by atoms with Crippen LogP contribution < -0.4 is 0 Å². The van der Waals surface area contributed by atoms with Crippen LogP contribution in [-0.4, -0.2) is 35.7 Å². The molecular formula is C22H40O8Ti. The van der Waals surface area contributed by atoms with Crippen molar-refractivity contribution in [2.24, 2.45) is 22.7 Å². The Labute approximate surface area is 201 Å². The molecule has 0 bridgehead atoms.